The minimum atomic E-state index is 0.0566. The molecule has 146 valence electrons. The van der Waals surface area contributed by atoms with Crippen LogP contribution in [0.3, 0.4) is 0 Å². The van der Waals surface area contributed by atoms with E-state index in [4.69, 9.17) is 0 Å². The molecule has 0 aromatic carbocycles. The summed E-state index contributed by atoms with van der Waals surface area (Å²) in [5, 5.41) is 4.28. The summed E-state index contributed by atoms with van der Waals surface area (Å²) in [4.78, 5) is 28.5. The summed E-state index contributed by atoms with van der Waals surface area (Å²) in [7, 11) is 0. The Labute approximate surface area is 165 Å². The van der Waals surface area contributed by atoms with Crippen LogP contribution in [0.4, 0.5) is 5.82 Å². The SMILES string of the molecule is CCCN1CCN(c2ncnc3sc(C(=O)NC4CCCC4)c(C)c23)CC1. The summed E-state index contributed by atoms with van der Waals surface area (Å²) in [6, 6.07) is 0.333. The molecule has 1 aliphatic heterocycles. The number of amides is 1. The van der Waals surface area contributed by atoms with E-state index >= 15 is 0 Å². The molecule has 1 amide bonds. The minimum Gasteiger partial charge on any atom is -0.353 e. The summed E-state index contributed by atoms with van der Waals surface area (Å²) in [6.07, 6.45) is 7.48. The molecule has 1 N–H and O–H groups in total. The molecule has 0 spiro atoms. The highest BCUT2D eigenvalue weighted by atomic mass is 32.1. The van der Waals surface area contributed by atoms with Crippen molar-refractivity contribution in [2.24, 2.45) is 0 Å². The van der Waals surface area contributed by atoms with Crippen molar-refractivity contribution < 1.29 is 4.79 Å². The Morgan fingerprint density at radius 1 is 1.22 bits per heavy atom. The van der Waals surface area contributed by atoms with Crippen LogP contribution in [-0.2, 0) is 0 Å². The number of hydrogen-bond donors (Lipinski definition) is 1. The maximum absolute atomic E-state index is 12.8. The normalized spacial score (nSPS) is 19.1. The molecule has 0 bridgehead atoms. The number of nitrogens with one attached hydrogen (secondary N) is 1. The van der Waals surface area contributed by atoms with Gasteiger partial charge in [-0.25, -0.2) is 9.97 Å². The Bertz CT molecular complexity index is 806. The zero-order valence-corrected chi connectivity index (χ0v) is 17.1. The maximum atomic E-state index is 12.8. The summed E-state index contributed by atoms with van der Waals surface area (Å²) in [5.74, 6) is 1.05. The molecular weight excluding hydrogens is 358 g/mol. The van der Waals surface area contributed by atoms with Gasteiger partial charge in [-0.05, 0) is 38.3 Å². The highest BCUT2D eigenvalue weighted by molar-refractivity contribution is 7.20. The second kappa shape index (κ2) is 8.10. The molecule has 0 unspecified atom stereocenters. The van der Waals surface area contributed by atoms with Crippen molar-refractivity contribution in [2.75, 3.05) is 37.6 Å². The number of piperazine rings is 1. The number of thiophene rings is 1. The van der Waals surface area contributed by atoms with Crippen molar-refractivity contribution in [1.29, 1.82) is 0 Å². The van der Waals surface area contributed by atoms with E-state index in [1.807, 2.05) is 6.92 Å². The van der Waals surface area contributed by atoms with Crippen LogP contribution in [0.5, 0.6) is 0 Å². The van der Waals surface area contributed by atoms with Crippen molar-refractivity contribution in [1.82, 2.24) is 20.2 Å². The Morgan fingerprint density at radius 2 is 1.96 bits per heavy atom. The van der Waals surface area contributed by atoms with E-state index in [2.05, 4.69) is 32.0 Å². The minimum absolute atomic E-state index is 0.0566. The fraction of sp³-hybridized carbons (Fsp3) is 0.650. The van der Waals surface area contributed by atoms with Gasteiger partial charge >= 0.3 is 0 Å². The lowest BCUT2D eigenvalue weighted by Gasteiger charge is -2.35. The largest absolute Gasteiger partial charge is 0.353 e. The Morgan fingerprint density at radius 3 is 2.67 bits per heavy atom. The maximum Gasteiger partial charge on any atom is 0.261 e. The Balaban J connectivity index is 1.58. The number of hydrogen-bond acceptors (Lipinski definition) is 6. The molecule has 1 saturated carbocycles. The summed E-state index contributed by atoms with van der Waals surface area (Å²) in [6.45, 7) is 9.52. The van der Waals surface area contributed by atoms with Gasteiger partial charge in [0, 0.05) is 32.2 Å². The number of rotatable bonds is 5. The molecule has 3 heterocycles. The molecular formula is C20H29N5OS. The molecule has 0 radical (unpaired) electrons. The van der Waals surface area contributed by atoms with E-state index in [9.17, 15) is 4.79 Å². The van der Waals surface area contributed by atoms with Gasteiger partial charge in [-0.15, -0.1) is 11.3 Å². The quantitative estimate of drug-likeness (QED) is 0.854. The third-order valence-electron chi connectivity index (χ3n) is 5.82. The van der Waals surface area contributed by atoms with Crippen molar-refractivity contribution >= 4 is 33.3 Å². The van der Waals surface area contributed by atoms with Crippen LogP contribution in [0.25, 0.3) is 10.2 Å². The monoisotopic (exact) mass is 387 g/mol. The summed E-state index contributed by atoms with van der Waals surface area (Å²) in [5.41, 5.74) is 1.03. The Hall–Kier alpha value is -1.73. The number of fused-ring (bicyclic) bond motifs is 1. The van der Waals surface area contributed by atoms with Crippen LogP contribution < -0.4 is 10.2 Å². The highest BCUT2D eigenvalue weighted by Crippen LogP contribution is 2.35. The fourth-order valence-corrected chi connectivity index (χ4v) is 5.38. The number of carbonyl (C=O) groups excluding carboxylic acids is 1. The molecule has 1 aliphatic carbocycles. The number of aryl methyl sites for hydroxylation is 1. The lowest BCUT2D eigenvalue weighted by atomic mass is 10.1. The van der Waals surface area contributed by atoms with Crippen molar-refractivity contribution in [3.8, 4) is 0 Å². The van der Waals surface area contributed by atoms with Gasteiger partial charge in [0.2, 0.25) is 0 Å². The highest BCUT2D eigenvalue weighted by Gasteiger charge is 2.25. The lowest BCUT2D eigenvalue weighted by molar-refractivity contribution is 0.0941. The fourth-order valence-electron chi connectivity index (χ4n) is 4.33. The number of carbonyl (C=O) groups is 1. The number of anilines is 1. The number of nitrogens with zero attached hydrogens (tertiary/aromatic N) is 4. The summed E-state index contributed by atoms with van der Waals surface area (Å²) < 4.78 is 0. The average molecular weight is 388 g/mol. The van der Waals surface area contributed by atoms with Gasteiger partial charge in [0.15, 0.2) is 0 Å². The van der Waals surface area contributed by atoms with Crippen LogP contribution in [-0.4, -0.2) is 59.5 Å². The van der Waals surface area contributed by atoms with Gasteiger partial charge in [-0.1, -0.05) is 19.8 Å². The van der Waals surface area contributed by atoms with Gasteiger partial charge < -0.3 is 10.2 Å². The predicted molar refractivity (Wildman–Crippen MR) is 111 cm³/mol. The lowest BCUT2D eigenvalue weighted by Crippen LogP contribution is -2.46. The second-order valence-corrected chi connectivity index (χ2v) is 8.72. The van der Waals surface area contributed by atoms with Gasteiger partial charge in [-0.3, -0.25) is 9.69 Å². The van der Waals surface area contributed by atoms with Crippen molar-refractivity contribution in [3.63, 3.8) is 0 Å². The third-order valence-corrected chi connectivity index (χ3v) is 7.01. The molecule has 6 nitrogen and oxygen atoms in total. The van der Waals surface area contributed by atoms with Crippen LogP contribution in [0.15, 0.2) is 6.33 Å². The van der Waals surface area contributed by atoms with Crippen LogP contribution in [0, 0.1) is 6.92 Å². The zero-order chi connectivity index (χ0) is 18.8. The van der Waals surface area contributed by atoms with Gasteiger partial charge in [0.05, 0.1) is 10.3 Å². The van der Waals surface area contributed by atoms with E-state index in [-0.39, 0.29) is 5.91 Å². The molecule has 4 rings (SSSR count). The molecule has 0 atom stereocenters. The molecule has 1 saturated heterocycles. The number of aromatic nitrogens is 2. The first-order valence-electron chi connectivity index (χ1n) is 10.2. The van der Waals surface area contributed by atoms with E-state index in [1.165, 1.54) is 30.6 Å². The summed E-state index contributed by atoms with van der Waals surface area (Å²) >= 11 is 1.50. The van der Waals surface area contributed by atoms with Gasteiger partial charge in [0.25, 0.3) is 5.91 Å². The molecule has 2 aromatic rings. The van der Waals surface area contributed by atoms with E-state index < -0.39 is 0 Å². The third kappa shape index (κ3) is 3.80. The smallest absolute Gasteiger partial charge is 0.261 e. The van der Waals surface area contributed by atoms with E-state index in [0.717, 1.165) is 72.0 Å². The molecule has 7 heteroatoms. The average Bonchev–Trinajstić information content (AvgIpc) is 3.30. The topological polar surface area (TPSA) is 61.4 Å². The Kier molecular flexibility index (Phi) is 5.59. The van der Waals surface area contributed by atoms with Crippen molar-refractivity contribution in [3.05, 3.63) is 16.8 Å². The zero-order valence-electron chi connectivity index (χ0n) is 16.3. The van der Waals surface area contributed by atoms with Crippen LogP contribution in [0.2, 0.25) is 0 Å². The first-order chi connectivity index (χ1) is 13.2. The first kappa shape index (κ1) is 18.6. The molecule has 2 aromatic heterocycles. The first-order valence-corrected chi connectivity index (χ1v) is 11.0. The van der Waals surface area contributed by atoms with E-state index in [0.29, 0.717) is 6.04 Å². The molecule has 2 aliphatic rings. The standard InChI is InChI=1S/C20H29N5OS/c1-3-8-24-9-11-25(12-10-24)18-16-14(2)17(27-20(16)22-13-21-18)19(26)23-15-6-4-5-7-15/h13,15H,3-12H2,1-2H3,(H,23,26). The van der Waals surface area contributed by atoms with Gasteiger partial charge in [0.1, 0.15) is 17.0 Å². The predicted octanol–water partition coefficient (Wildman–Crippen LogP) is 3.20. The van der Waals surface area contributed by atoms with Gasteiger partial charge in [-0.2, -0.15) is 0 Å². The van der Waals surface area contributed by atoms with E-state index in [1.54, 1.807) is 6.33 Å². The molecule has 27 heavy (non-hydrogen) atoms. The van der Waals surface area contributed by atoms with Crippen LogP contribution in [0.1, 0.15) is 54.3 Å². The second-order valence-electron chi connectivity index (χ2n) is 7.72. The van der Waals surface area contributed by atoms with Crippen LogP contribution >= 0.6 is 11.3 Å². The van der Waals surface area contributed by atoms with Crippen molar-refractivity contribution in [2.45, 2.75) is 52.0 Å². The molecule has 2 fully saturated rings.